The SMILES string of the molecule is CCNc1nc(-c2ccc(C(F)F)cc2)ncc1Br. The molecule has 19 heavy (non-hydrogen) atoms. The molecule has 0 fully saturated rings. The van der Waals surface area contributed by atoms with Gasteiger partial charge in [-0.3, -0.25) is 0 Å². The van der Waals surface area contributed by atoms with Gasteiger partial charge in [0.15, 0.2) is 5.82 Å². The monoisotopic (exact) mass is 327 g/mol. The van der Waals surface area contributed by atoms with Gasteiger partial charge in [0.1, 0.15) is 5.82 Å². The van der Waals surface area contributed by atoms with Crippen molar-refractivity contribution >= 4 is 21.7 Å². The van der Waals surface area contributed by atoms with Crippen LogP contribution in [0, 0.1) is 0 Å². The van der Waals surface area contributed by atoms with Crippen molar-refractivity contribution in [3.05, 3.63) is 40.5 Å². The summed E-state index contributed by atoms with van der Waals surface area (Å²) in [5, 5.41) is 3.10. The van der Waals surface area contributed by atoms with Crippen LogP contribution in [0.5, 0.6) is 0 Å². The van der Waals surface area contributed by atoms with Crippen LogP contribution in [0.2, 0.25) is 0 Å². The Balaban J connectivity index is 2.33. The number of nitrogens with one attached hydrogen (secondary N) is 1. The van der Waals surface area contributed by atoms with Gasteiger partial charge in [0.2, 0.25) is 0 Å². The number of aromatic nitrogens is 2. The van der Waals surface area contributed by atoms with Gasteiger partial charge < -0.3 is 5.32 Å². The standard InChI is InChI=1S/C13H12BrF2N3/c1-2-17-13-10(14)7-18-12(19-13)9-5-3-8(4-6-9)11(15)16/h3-7,11H,2H2,1H3,(H,17,18,19). The molecule has 0 radical (unpaired) electrons. The summed E-state index contributed by atoms with van der Waals surface area (Å²) in [6.07, 6.45) is -0.821. The number of anilines is 1. The average Bonchev–Trinajstić information content (AvgIpc) is 2.41. The molecule has 0 unspecified atom stereocenters. The second-order valence-corrected chi connectivity index (χ2v) is 4.70. The molecule has 1 N–H and O–H groups in total. The van der Waals surface area contributed by atoms with Crippen molar-refractivity contribution in [2.75, 3.05) is 11.9 Å². The third-order valence-electron chi connectivity index (χ3n) is 2.51. The van der Waals surface area contributed by atoms with Crippen molar-refractivity contribution in [3.8, 4) is 11.4 Å². The summed E-state index contributed by atoms with van der Waals surface area (Å²) in [5.74, 6) is 1.19. The Morgan fingerprint density at radius 2 is 1.95 bits per heavy atom. The first-order chi connectivity index (χ1) is 9.11. The minimum absolute atomic E-state index is 0.00670. The molecule has 0 spiro atoms. The zero-order chi connectivity index (χ0) is 13.8. The molecule has 0 aliphatic heterocycles. The molecule has 1 aromatic heterocycles. The molecule has 0 saturated carbocycles. The Bertz CT molecular complexity index is 558. The number of alkyl halides is 2. The minimum Gasteiger partial charge on any atom is -0.369 e. The lowest BCUT2D eigenvalue weighted by Gasteiger charge is -2.07. The maximum Gasteiger partial charge on any atom is 0.263 e. The topological polar surface area (TPSA) is 37.8 Å². The van der Waals surface area contributed by atoms with Gasteiger partial charge in [-0.15, -0.1) is 0 Å². The van der Waals surface area contributed by atoms with Crippen LogP contribution >= 0.6 is 15.9 Å². The van der Waals surface area contributed by atoms with Crippen molar-refractivity contribution in [1.29, 1.82) is 0 Å². The highest BCUT2D eigenvalue weighted by Crippen LogP contribution is 2.25. The predicted octanol–water partition coefficient (Wildman–Crippen LogP) is 4.28. The van der Waals surface area contributed by atoms with E-state index in [0.717, 1.165) is 11.0 Å². The molecule has 0 atom stereocenters. The van der Waals surface area contributed by atoms with Crippen LogP contribution in [0.15, 0.2) is 34.9 Å². The lowest BCUT2D eigenvalue weighted by atomic mass is 10.1. The van der Waals surface area contributed by atoms with E-state index < -0.39 is 6.43 Å². The summed E-state index contributed by atoms with van der Waals surface area (Å²) in [4.78, 5) is 8.53. The number of hydrogen-bond acceptors (Lipinski definition) is 3. The lowest BCUT2D eigenvalue weighted by molar-refractivity contribution is 0.151. The quantitative estimate of drug-likeness (QED) is 0.910. The van der Waals surface area contributed by atoms with E-state index in [1.54, 1.807) is 18.3 Å². The first-order valence-electron chi connectivity index (χ1n) is 5.76. The Kier molecular flexibility index (Phi) is 4.42. The van der Waals surface area contributed by atoms with Gasteiger partial charge in [0.05, 0.1) is 4.47 Å². The fraction of sp³-hybridized carbons (Fsp3) is 0.231. The molecule has 3 nitrogen and oxygen atoms in total. The van der Waals surface area contributed by atoms with Gasteiger partial charge in [0.25, 0.3) is 6.43 Å². The zero-order valence-electron chi connectivity index (χ0n) is 10.2. The molecule has 0 bridgehead atoms. The summed E-state index contributed by atoms with van der Waals surface area (Å²) in [7, 11) is 0. The number of hydrogen-bond donors (Lipinski definition) is 1. The van der Waals surface area contributed by atoms with Crippen LogP contribution in [0.25, 0.3) is 11.4 Å². The van der Waals surface area contributed by atoms with E-state index >= 15 is 0 Å². The molecule has 0 amide bonds. The van der Waals surface area contributed by atoms with Gasteiger partial charge in [-0.25, -0.2) is 18.7 Å². The predicted molar refractivity (Wildman–Crippen MR) is 74.3 cm³/mol. The maximum absolute atomic E-state index is 12.5. The molecular weight excluding hydrogens is 316 g/mol. The van der Waals surface area contributed by atoms with Crippen LogP contribution in [0.4, 0.5) is 14.6 Å². The Labute approximate surface area is 118 Å². The highest BCUT2D eigenvalue weighted by Gasteiger charge is 2.09. The summed E-state index contributed by atoms with van der Waals surface area (Å²) < 4.78 is 25.7. The molecule has 0 saturated heterocycles. The molecule has 1 aromatic carbocycles. The summed E-state index contributed by atoms with van der Waals surface area (Å²) in [5.41, 5.74) is 0.698. The molecule has 100 valence electrons. The van der Waals surface area contributed by atoms with Gasteiger partial charge in [-0.05, 0) is 22.9 Å². The number of nitrogens with zero attached hydrogens (tertiary/aromatic N) is 2. The summed E-state index contributed by atoms with van der Waals surface area (Å²) >= 11 is 3.35. The number of halogens is 3. The normalized spacial score (nSPS) is 10.8. The first-order valence-corrected chi connectivity index (χ1v) is 6.56. The summed E-state index contributed by atoms with van der Waals surface area (Å²) in [6.45, 7) is 2.70. The number of rotatable bonds is 4. The lowest BCUT2D eigenvalue weighted by Crippen LogP contribution is -2.02. The Hall–Kier alpha value is -1.56. The van der Waals surface area contributed by atoms with Gasteiger partial charge in [0, 0.05) is 23.9 Å². The highest BCUT2D eigenvalue weighted by atomic mass is 79.9. The molecule has 2 rings (SSSR count). The highest BCUT2D eigenvalue weighted by molar-refractivity contribution is 9.10. The van der Waals surface area contributed by atoms with Gasteiger partial charge in [-0.1, -0.05) is 24.3 Å². The Morgan fingerprint density at radius 1 is 1.26 bits per heavy atom. The molecule has 0 aliphatic rings. The Morgan fingerprint density at radius 3 is 2.53 bits per heavy atom. The van der Waals surface area contributed by atoms with Crippen molar-refractivity contribution in [2.45, 2.75) is 13.3 Å². The third kappa shape index (κ3) is 3.26. The van der Waals surface area contributed by atoms with E-state index in [-0.39, 0.29) is 5.56 Å². The van der Waals surface area contributed by atoms with Crippen molar-refractivity contribution in [3.63, 3.8) is 0 Å². The van der Waals surface area contributed by atoms with Crippen molar-refractivity contribution in [2.24, 2.45) is 0 Å². The minimum atomic E-state index is -2.46. The molecule has 6 heteroatoms. The number of benzene rings is 1. The zero-order valence-corrected chi connectivity index (χ0v) is 11.8. The largest absolute Gasteiger partial charge is 0.369 e. The van der Waals surface area contributed by atoms with Crippen LogP contribution in [-0.4, -0.2) is 16.5 Å². The maximum atomic E-state index is 12.5. The van der Waals surface area contributed by atoms with E-state index in [0.29, 0.717) is 17.2 Å². The fourth-order valence-electron chi connectivity index (χ4n) is 1.58. The molecular formula is C13H12BrF2N3. The van der Waals surface area contributed by atoms with Crippen molar-refractivity contribution in [1.82, 2.24) is 9.97 Å². The molecule has 1 heterocycles. The average molecular weight is 328 g/mol. The molecule has 0 aliphatic carbocycles. The van der Waals surface area contributed by atoms with E-state index in [1.807, 2.05) is 6.92 Å². The second kappa shape index (κ2) is 6.06. The molecule has 2 aromatic rings. The van der Waals surface area contributed by atoms with Crippen LogP contribution in [-0.2, 0) is 0 Å². The van der Waals surface area contributed by atoms with E-state index in [9.17, 15) is 8.78 Å². The summed E-state index contributed by atoms with van der Waals surface area (Å²) in [6, 6.07) is 5.97. The van der Waals surface area contributed by atoms with Gasteiger partial charge in [-0.2, -0.15) is 0 Å². The van der Waals surface area contributed by atoms with E-state index in [4.69, 9.17) is 0 Å². The van der Waals surface area contributed by atoms with E-state index in [1.165, 1.54) is 12.1 Å². The fourth-order valence-corrected chi connectivity index (χ4v) is 1.91. The first kappa shape index (κ1) is 13.9. The van der Waals surface area contributed by atoms with Gasteiger partial charge >= 0.3 is 0 Å². The third-order valence-corrected chi connectivity index (χ3v) is 3.09. The van der Waals surface area contributed by atoms with Crippen molar-refractivity contribution < 1.29 is 8.78 Å². The smallest absolute Gasteiger partial charge is 0.263 e. The van der Waals surface area contributed by atoms with Crippen LogP contribution in [0.3, 0.4) is 0 Å². The van der Waals surface area contributed by atoms with Crippen LogP contribution in [0.1, 0.15) is 18.9 Å². The van der Waals surface area contributed by atoms with E-state index in [2.05, 4.69) is 31.2 Å². The van der Waals surface area contributed by atoms with Crippen LogP contribution < -0.4 is 5.32 Å². The second-order valence-electron chi connectivity index (χ2n) is 3.84.